The Kier molecular flexibility index (Phi) is 17.3. The third kappa shape index (κ3) is 12.8. The van der Waals surface area contributed by atoms with Crippen molar-refractivity contribution >= 4 is 28.4 Å². The van der Waals surface area contributed by atoms with Crippen LogP contribution in [0.5, 0.6) is 0 Å². The highest BCUT2D eigenvalue weighted by molar-refractivity contribution is 5.86. The van der Waals surface area contributed by atoms with E-state index >= 15 is 0 Å². The second kappa shape index (κ2) is 28.0. The van der Waals surface area contributed by atoms with E-state index in [9.17, 15) is 0 Å². The van der Waals surface area contributed by atoms with Gasteiger partial charge in [0.2, 0.25) is 0 Å². The number of hydrogen-bond donors (Lipinski definition) is 0. The van der Waals surface area contributed by atoms with Crippen LogP contribution in [0.15, 0.2) is 424 Å². The summed E-state index contributed by atoms with van der Waals surface area (Å²) in [6.07, 6.45) is 8.13. The van der Waals surface area contributed by atoms with E-state index in [2.05, 4.69) is 428 Å². The molecule has 0 aromatic heterocycles. The predicted octanol–water partition coefficient (Wildman–Crippen LogP) is 26.1. The van der Waals surface area contributed by atoms with E-state index in [0.29, 0.717) is 0 Å². The molecular weight excluding hydrogens is 1190 g/mol. The summed E-state index contributed by atoms with van der Waals surface area (Å²) < 4.78 is 0. The molecule has 0 spiro atoms. The molecule has 1 unspecified atom stereocenters. The Bertz CT molecular complexity index is 5040. The van der Waals surface area contributed by atoms with E-state index in [-0.39, 0.29) is 5.92 Å². The number of anilines is 5. The van der Waals surface area contributed by atoms with Crippen molar-refractivity contribution in [2.75, 3.05) is 9.80 Å². The molecule has 2 nitrogen and oxygen atoms in total. The fourth-order valence-corrected chi connectivity index (χ4v) is 14.7. The molecule has 0 N–H and O–H groups in total. The average molecular weight is 1270 g/mol. The van der Waals surface area contributed by atoms with Crippen LogP contribution in [0, 0.1) is 5.92 Å². The fraction of sp³-hybridized carbons (Fsp3) is 0.0309. The topological polar surface area (TPSA) is 6.48 Å². The lowest BCUT2D eigenvalue weighted by atomic mass is 9.60. The zero-order valence-electron chi connectivity index (χ0n) is 55.0. The zero-order valence-corrected chi connectivity index (χ0v) is 55.0. The van der Waals surface area contributed by atoms with E-state index in [0.717, 1.165) is 73.9 Å². The van der Waals surface area contributed by atoms with Crippen LogP contribution >= 0.6 is 0 Å². The smallest absolute Gasteiger partial charge is 0.0516 e. The Morgan fingerprint density at radius 3 is 0.737 bits per heavy atom. The van der Waals surface area contributed by atoms with E-state index < -0.39 is 5.41 Å². The van der Waals surface area contributed by atoms with E-state index in [4.69, 9.17) is 0 Å². The summed E-state index contributed by atoms with van der Waals surface area (Å²) in [4.78, 5) is 4.89. The van der Waals surface area contributed by atoms with Crippen molar-refractivity contribution in [3.8, 4) is 89.0 Å². The van der Waals surface area contributed by atoms with Crippen LogP contribution in [0.3, 0.4) is 0 Å². The molecule has 1 atom stereocenters. The molecular formula is C97H72N2. The molecule has 2 heteroatoms. The lowest BCUT2D eigenvalue weighted by molar-refractivity contribution is 0.446. The monoisotopic (exact) mass is 1260 g/mol. The third-order valence-corrected chi connectivity index (χ3v) is 19.6. The molecule has 0 aliphatic heterocycles. The second-order valence-corrected chi connectivity index (χ2v) is 25.6. The lowest BCUT2D eigenvalue weighted by Crippen LogP contribution is -2.38. The van der Waals surface area contributed by atoms with Gasteiger partial charge in [-0.05, 0) is 209 Å². The van der Waals surface area contributed by atoms with Gasteiger partial charge >= 0.3 is 0 Å². The van der Waals surface area contributed by atoms with Crippen LogP contribution in [0.2, 0.25) is 0 Å². The number of allylic oxidation sites excluding steroid dienone is 3. The normalized spacial score (nSPS) is 12.7. The van der Waals surface area contributed by atoms with Gasteiger partial charge in [0.25, 0.3) is 0 Å². The fourth-order valence-electron chi connectivity index (χ4n) is 14.7. The molecule has 0 amide bonds. The van der Waals surface area contributed by atoms with Crippen LogP contribution in [-0.2, 0) is 5.41 Å². The Morgan fingerprint density at radius 2 is 0.444 bits per heavy atom. The summed E-state index contributed by atoms with van der Waals surface area (Å²) in [5, 5.41) is 0. The summed E-state index contributed by atoms with van der Waals surface area (Å²) >= 11 is 0. The first-order valence-corrected chi connectivity index (χ1v) is 34.3. The van der Waals surface area contributed by atoms with Crippen molar-refractivity contribution in [1.82, 2.24) is 0 Å². The van der Waals surface area contributed by atoms with Gasteiger partial charge in [0.1, 0.15) is 0 Å². The minimum absolute atomic E-state index is 0.000589. The Hall–Kier alpha value is -12.6. The van der Waals surface area contributed by atoms with E-state index in [1.54, 1.807) is 0 Å². The minimum atomic E-state index is -0.615. The Morgan fingerprint density at radius 1 is 0.202 bits per heavy atom. The van der Waals surface area contributed by atoms with E-state index in [1.165, 1.54) is 72.3 Å². The van der Waals surface area contributed by atoms with Crippen molar-refractivity contribution in [3.63, 3.8) is 0 Å². The molecule has 0 bridgehead atoms. The summed E-state index contributed by atoms with van der Waals surface area (Å²) in [6.45, 7) is 0. The van der Waals surface area contributed by atoms with Crippen molar-refractivity contribution < 1.29 is 0 Å². The molecule has 0 saturated heterocycles. The Labute approximate surface area is 582 Å². The highest BCUT2D eigenvalue weighted by Gasteiger charge is 2.43. The molecule has 16 rings (SSSR count). The molecule has 1 aliphatic carbocycles. The van der Waals surface area contributed by atoms with E-state index in [1.807, 2.05) is 0 Å². The van der Waals surface area contributed by atoms with Crippen LogP contribution in [0.25, 0.3) is 89.0 Å². The largest absolute Gasteiger partial charge is 0.311 e. The Balaban J connectivity index is 0.807. The summed E-state index contributed by atoms with van der Waals surface area (Å²) in [7, 11) is 0. The highest BCUT2D eigenvalue weighted by atomic mass is 15.2. The molecule has 0 heterocycles. The maximum absolute atomic E-state index is 2.50. The quantitative estimate of drug-likeness (QED) is 0.0790. The summed E-state index contributed by atoms with van der Waals surface area (Å²) in [5.74, 6) is 0.000589. The maximum atomic E-state index is 2.50. The van der Waals surface area contributed by atoms with Gasteiger partial charge < -0.3 is 9.80 Å². The van der Waals surface area contributed by atoms with Gasteiger partial charge in [-0.1, -0.05) is 328 Å². The van der Waals surface area contributed by atoms with Crippen molar-refractivity contribution in [2.24, 2.45) is 5.92 Å². The van der Waals surface area contributed by atoms with Gasteiger partial charge in [-0.25, -0.2) is 0 Å². The van der Waals surface area contributed by atoms with Crippen LogP contribution in [-0.4, -0.2) is 0 Å². The van der Waals surface area contributed by atoms with Crippen LogP contribution in [0.4, 0.5) is 28.4 Å². The number of hydrogen-bond acceptors (Lipinski definition) is 2. The molecule has 1 aliphatic rings. The standard InChI is InChI=1S/C97H72N2/c1-7-27-71(28-8-1)75-35-19-39-79(63-75)83-43-23-51-93(67-83)98(94-52-24-44-84(68-94)80-40-20-36-76(64-80)72-29-9-2-10-30-72)91-59-55-89(56-60-91)97(87-47-15-5-16-48-87,88-49-17-6-18-50-88)90-57-61-92(62-58-90)99(95-53-25-45-85(69-95)81-41-21-37-77(65-81)73-31-11-3-12-32-73)96-54-26-46-86(70-96)82-42-22-38-78(66-82)74-33-13-4-14-34-74/h1-57,59-70,90H,58H2. The predicted molar refractivity (Wildman–Crippen MR) is 418 cm³/mol. The SMILES string of the molecule is C1=CC(C(c2ccccc2)(c2ccccc2)c2ccc(N(c3cccc(-c4cccc(-c5ccccc5)c4)c3)c3cccc(-c4cccc(-c5ccccc5)c4)c3)cc2)CC=C1N(c1cccc(-c2cccc(-c3ccccc3)c2)c1)c1cccc(-c2cccc(-c3ccccc3)c2)c1. The molecule has 470 valence electrons. The lowest BCUT2D eigenvalue weighted by Gasteiger charge is -2.43. The second-order valence-electron chi connectivity index (χ2n) is 25.6. The third-order valence-electron chi connectivity index (χ3n) is 19.6. The van der Waals surface area contributed by atoms with Gasteiger partial charge in [0.05, 0.1) is 5.41 Å². The van der Waals surface area contributed by atoms with Crippen molar-refractivity contribution in [3.05, 3.63) is 441 Å². The van der Waals surface area contributed by atoms with Crippen molar-refractivity contribution in [2.45, 2.75) is 11.8 Å². The van der Waals surface area contributed by atoms with Gasteiger partial charge in [-0.3, -0.25) is 0 Å². The molecule has 0 fully saturated rings. The molecule has 15 aromatic rings. The first-order valence-electron chi connectivity index (χ1n) is 34.3. The highest BCUT2D eigenvalue weighted by Crippen LogP contribution is 2.51. The number of rotatable bonds is 18. The van der Waals surface area contributed by atoms with Crippen LogP contribution < -0.4 is 9.80 Å². The molecule has 0 saturated carbocycles. The molecule has 15 aromatic carbocycles. The summed E-state index contributed by atoms with van der Waals surface area (Å²) in [5.41, 5.74) is 28.3. The van der Waals surface area contributed by atoms with Gasteiger partial charge in [-0.2, -0.15) is 0 Å². The number of benzene rings is 15. The molecule has 99 heavy (non-hydrogen) atoms. The number of nitrogens with zero attached hydrogens (tertiary/aromatic N) is 2. The van der Waals surface area contributed by atoms with Gasteiger partial charge in [-0.15, -0.1) is 0 Å². The zero-order chi connectivity index (χ0) is 66.2. The molecule has 0 radical (unpaired) electrons. The van der Waals surface area contributed by atoms with Gasteiger partial charge in [0.15, 0.2) is 0 Å². The van der Waals surface area contributed by atoms with Gasteiger partial charge in [0, 0.05) is 34.1 Å². The minimum Gasteiger partial charge on any atom is -0.311 e. The van der Waals surface area contributed by atoms with Crippen molar-refractivity contribution in [1.29, 1.82) is 0 Å². The average Bonchev–Trinajstić information content (AvgIpc) is 0.731. The maximum Gasteiger partial charge on any atom is 0.0516 e. The first-order chi connectivity index (χ1) is 49.1. The van der Waals surface area contributed by atoms with Crippen LogP contribution in [0.1, 0.15) is 23.1 Å². The summed E-state index contributed by atoms with van der Waals surface area (Å²) in [6, 6.07) is 146. The first kappa shape index (κ1) is 61.3.